The number of sulfonamides is 1. The molecule has 0 radical (unpaired) electrons. The Labute approximate surface area is 139 Å². The molecule has 21 heavy (non-hydrogen) atoms. The van der Waals surface area contributed by atoms with Crippen molar-refractivity contribution in [3.8, 4) is 0 Å². The standard InChI is InChI=1S/C14H15Cl2NO2S2/c1-10-11(8-15)6-12(16)7-14(10)21(18,19)17(2)9-13-4-3-5-20-13/h3-7H,8-9H2,1-2H3. The number of halogens is 2. The van der Waals surface area contributed by atoms with Crippen LogP contribution in [0.15, 0.2) is 34.5 Å². The fourth-order valence-corrected chi connectivity index (χ4v) is 4.85. The summed E-state index contributed by atoms with van der Waals surface area (Å²) in [5.74, 6) is 0.226. The zero-order valence-electron chi connectivity index (χ0n) is 11.6. The van der Waals surface area contributed by atoms with Gasteiger partial charge >= 0.3 is 0 Å². The molecular formula is C14H15Cl2NO2S2. The first-order valence-electron chi connectivity index (χ1n) is 6.20. The Kier molecular flexibility index (Phi) is 5.33. The molecule has 0 atom stereocenters. The minimum atomic E-state index is -3.60. The molecule has 1 heterocycles. The molecule has 3 nitrogen and oxygen atoms in total. The van der Waals surface area contributed by atoms with Crippen LogP contribution in [-0.4, -0.2) is 19.8 Å². The molecule has 2 rings (SSSR count). The maximum Gasteiger partial charge on any atom is 0.243 e. The van der Waals surface area contributed by atoms with Gasteiger partial charge in [0.2, 0.25) is 10.0 Å². The van der Waals surface area contributed by atoms with Gasteiger partial charge in [-0.2, -0.15) is 4.31 Å². The number of thiophene rings is 1. The van der Waals surface area contributed by atoms with E-state index >= 15 is 0 Å². The number of rotatable bonds is 5. The van der Waals surface area contributed by atoms with E-state index in [4.69, 9.17) is 23.2 Å². The molecule has 0 aliphatic carbocycles. The molecule has 0 saturated heterocycles. The second-order valence-electron chi connectivity index (χ2n) is 4.66. The van der Waals surface area contributed by atoms with Gasteiger partial charge < -0.3 is 0 Å². The highest BCUT2D eigenvalue weighted by Crippen LogP contribution is 2.28. The zero-order chi connectivity index (χ0) is 15.6. The molecule has 0 aliphatic heterocycles. The lowest BCUT2D eigenvalue weighted by atomic mass is 10.1. The Hall–Kier alpha value is -0.590. The maximum atomic E-state index is 12.7. The monoisotopic (exact) mass is 363 g/mol. The van der Waals surface area contributed by atoms with Crippen LogP contribution in [0, 0.1) is 6.92 Å². The summed E-state index contributed by atoms with van der Waals surface area (Å²) >= 11 is 13.4. The normalized spacial score (nSPS) is 12.0. The van der Waals surface area contributed by atoms with Crippen molar-refractivity contribution in [2.75, 3.05) is 7.05 Å². The SMILES string of the molecule is Cc1c(CCl)cc(Cl)cc1S(=O)(=O)N(C)Cc1cccs1. The van der Waals surface area contributed by atoms with Gasteiger partial charge in [-0.3, -0.25) is 0 Å². The smallest absolute Gasteiger partial charge is 0.207 e. The topological polar surface area (TPSA) is 37.4 Å². The summed E-state index contributed by atoms with van der Waals surface area (Å²) in [6, 6.07) is 6.98. The van der Waals surface area contributed by atoms with Gasteiger partial charge in [-0.05, 0) is 41.6 Å². The van der Waals surface area contributed by atoms with Crippen LogP contribution in [0.3, 0.4) is 0 Å². The fourth-order valence-electron chi connectivity index (χ4n) is 1.99. The van der Waals surface area contributed by atoms with E-state index in [0.717, 1.165) is 10.4 Å². The lowest BCUT2D eigenvalue weighted by molar-refractivity contribution is 0.469. The molecule has 0 bridgehead atoms. The van der Waals surface area contributed by atoms with E-state index in [9.17, 15) is 8.42 Å². The Morgan fingerprint density at radius 1 is 1.33 bits per heavy atom. The van der Waals surface area contributed by atoms with Crippen LogP contribution in [0.25, 0.3) is 0 Å². The fraction of sp³-hybridized carbons (Fsp3) is 0.286. The van der Waals surface area contributed by atoms with Gasteiger partial charge in [-0.15, -0.1) is 22.9 Å². The number of nitrogens with zero attached hydrogens (tertiary/aromatic N) is 1. The average molecular weight is 364 g/mol. The minimum Gasteiger partial charge on any atom is -0.207 e. The van der Waals surface area contributed by atoms with Crippen molar-refractivity contribution in [1.29, 1.82) is 0 Å². The summed E-state index contributed by atoms with van der Waals surface area (Å²) in [6.45, 7) is 2.09. The van der Waals surface area contributed by atoms with Crippen molar-refractivity contribution in [2.24, 2.45) is 0 Å². The van der Waals surface area contributed by atoms with Crippen molar-refractivity contribution < 1.29 is 8.42 Å². The van der Waals surface area contributed by atoms with Crippen LogP contribution < -0.4 is 0 Å². The Morgan fingerprint density at radius 2 is 2.05 bits per heavy atom. The summed E-state index contributed by atoms with van der Waals surface area (Å²) < 4.78 is 26.8. The summed E-state index contributed by atoms with van der Waals surface area (Å²) in [6.07, 6.45) is 0. The summed E-state index contributed by atoms with van der Waals surface area (Å²) in [7, 11) is -2.04. The van der Waals surface area contributed by atoms with Crippen molar-refractivity contribution in [1.82, 2.24) is 4.31 Å². The van der Waals surface area contributed by atoms with Gasteiger partial charge in [0.15, 0.2) is 0 Å². The van der Waals surface area contributed by atoms with Gasteiger partial charge in [-0.1, -0.05) is 17.7 Å². The highest BCUT2D eigenvalue weighted by molar-refractivity contribution is 7.89. The van der Waals surface area contributed by atoms with Gasteiger partial charge in [-0.25, -0.2) is 8.42 Å². The average Bonchev–Trinajstić information content (AvgIpc) is 2.93. The lowest BCUT2D eigenvalue weighted by Crippen LogP contribution is -2.27. The molecule has 0 fully saturated rings. The molecule has 114 valence electrons. The second kappa shape index (κ2) is 6.67. The Morgan fingerprint density at radius 3 is 2.62 bits per heavy atom. The van der Waals surface area contributed by atoms with Crippen LogP contribution in [0.4, 0.5) is 0 Å². The van der Waals surface area contributed by atoms with E-state index in [1.165, 1.54) is 21.7 Å². The first-order chi connectivity index (χ1) is 9.86. The number of hydrogen-bond donors (Lipinski definition) is 0. The molecule has 2 aromatic rings. The molecule has 0 spiro atoms. The predicted molar refractivity (Wildman–Crippen MR) is 88.7 cm³/mol. The van der Waals surface area contributed by atoms with E-state index in [0.29, 0.717) is 17.1 Å². The number of hydrogen-bond acceptors (Lipinski definition) is 3. The molecule has 0 N–H and O–H groups in total. The third-order valence-electron chi connectivity index (χ3n) is 3.22. The van der Waals surface area contributed by atoms with Crippen LogP contribution in [0.5, 0.6) is 0 Å². The maximum absolute atomic E-state index is 12.7. The van der Waals surface area contributed by atoms with Crippen molar-refractivity contribution in [3.63, 3.8) is 0 Å². The highest BCUT2D eigenvalue weighted by atomic mass is 35.5. The van der Waals surface area contributed by atoms with Crippen LogP contribution >= 0.6 is 34.5 Å². The third-order valence-corrected chi connectivity index (χ3v) is 6.52. The summed E-state index contributed by atoms with van der Waals surface area (Å²) in [5.41, 5.74) is 1.37. The molecule has 0 unspecified atom stereocenters. The first-order valence-corrected chi connectivity index (χ1v) is 9.43. The van der Waals surface area contributed by atoms with Crippen molar-refractivity contribution in [3.05, 3.63) is 50.7 Å². The molecule has 0 amide bonds. The largest absolute Gasteiger partial charge is 0.243 e. The van der Waals surface area contributed by atoms with Gasteiger partial charge in [0.1, 0.15) is 0 Å². The first kappa shape index (κ1) is 16.8. The van der Waals surface area contributed by atoms with Crippen molar-refractivity contribution in [2.45, 2.75) is 24.2 Å². The van der Waals surface area contributed by atoms with E-state index in [1.54, 1.807) is 20.0 Å². The summed E-state index contributed by atoms with van der Waals surface area (Å²) in [4.78, 5) is 1.20. The van der Waals surface area contributed by atoms with Gasteiger partial charge in [0, 0.05) is 29.4 Å². The quantitative estimate of drug-likeness (QED) is 0.743. The second-order valence-corrected chi connectivity index (χ2v) is 8.41. The van der Waals surface area contributed by atoms with Crippen LogP contribution in [-0.2, 0) is 22.4 Å². The molecular weight excluding hydrogens is 349 g/mol. The van der Waals surface area contributed by atoms with Crippen LogP contribution in [0.1, 0.15) is 16.0 Å². The lowest BCUT2D eigenvalue weighted by Gasteiger charge is -2.19. The van der Waals surface area contributed by atoms with E-state index in [2.05, 4.69) is 0 Å². The predicted octanol–water partition coefficient (Wildman–Crippen LogP) is 4.27. The van der Waals surface area contributed by atoms with Gasteiger partial charge in [0.25, 0.3) is 0 Å². The zero-order valence-corrected chi connectivity index (χ0v) is 14.8. The van der Waals surface area contributed by atoms with Gasteiger partial charge in [0.05, 0.1) is 4.90 Å². The molecule has 7 heteroatoms. The van der Waals surface area contributed by atoms with E-state index in [1.807, 2.05) is 17.5 Å². The van der Waals surface area contributed by atoms with Crippen molar-refractivity contribution >= 4 is 44.6 Å². The summed E-state index contributed by atoms with van der Waals surface area (Å²) in [5, 5.41) is 2.30. The van der Waals surface area contributed by atoms with E-state index < -0.39 is 10.0 Å². The molecule has 1 aromatic carbocycles. The third kappa shape index (κ3) is 3.60. The number of benzene rings is 1. The number of alkyl halides is 1. The molecule has 0 aliphatic rings. The highest BCUT2D eigenvalue weighted by Gasteiger charge is 2.25. The van der Waals surface area contributed by atoms with Crippen LogP contribution in [0.2, 0.25) is 5.02 Å². The Balaban J connectivity index is 2.41. The molecule has 0 saturated carbocycles. The molecule has 1 aromatic heterocycles. The Bertz CT molecular complexity index is 728. The van der Waals surface area contributed by atoms with E-state index in [-0.39, 0.29) is 10.8 Å². The minimum absolute atomic E-state index is 0.213.